The minimum absolute atomic E-state index is 0.143. The Morgan fingerprint density at radius 2 is 1.86 bits per heavy atom. The van der Waals surface area contributed by atoms with Gasteiger partial charge < -0.3 is 19.4 Å². The lowest BCUT2D eigenvalue weighted by Gasteiger charge is -2.22. The van der Waals surface area contributed by atoms with Crippen LogP contribution in [0.2, 0.25) is 0 Å². The maximum absolute atomic E-state index is 13.1. The monoisotopic (exact) mass is 380 g/mol. The van der Waals surface area contributed by atoms with Gasteiger partial charge in [-0.05, 0) is 30.7 Å². The number of methoxy groups -OCH3 is 1. The fraction of sp³-hybridized carbons (Fsp3) is 0.273. The summed E-state index contributed by atoms with van der Waals surface area (Å²) in [6, 6.07) is 17.2. The lowest BCUT2D eigenvalue weighted by molar-refractivity contribution is -0.140. The Morgan fingerprint density at radius 1 is 1.07 bits per heavy atom. The van der Waals surface area contributed by atoms with Crippen molar-refractivity contribution in [1.29, 1.82) is 0 Å². The average Bonchev–Trinajstić information content (AvgIpc) is 3.14. The largest absolute Gasteiger partial charge is 0.494 e. The smallest absolute Gasteiger partial charge is 0.307 e. The highest BCUT2D eigenvalue weighted by atomic mass is 16.5. The molecule has 0 aliphatic carbocycles. The molecule has 0 spiro atoms. The molecule has 0 unspecified atom stereocenters. The quantitative estimate of drug-likeness (QED) is 0.604. The van der Waals surface area contributed by atoms with Crippen LogP contribution in [0.15, 0.2) is 54.6 Å². The van der Waals surface area contributed by atoms with Crippen LogP contribution in [0.4, 0.5) is 0 Å². The first-order chi connectivity index (χ1) is 13.6. The number of aromatic amines is 1. The maximum atomic E-state index is 13.1. The molecule has 1 N–H and O–H groups in total. The van der Waals surface area contributed by atoms with E-state index in [1.807, 2.05) is 61.5 Å². The van der Waals surface area contributed by atoms with Crippen LogP contribution in [0.3, 0.4) is 0 Å². The minimum Gasteiger partial charge on any atom is -0.494 e. The number of esters is 1. The van der Waals surface area contributed by atoms with Crippen molar-refractivity contribution < 1.29 is 19.1 Å². The predicted octanol–water partition coefficient (Wildman–Crippen LogP) is 3.77. The van der Waals surface area contributed by atoms with Crippen LogP contribution in [0.1, 0.15) is 29.4 Å². The molecule has 2 aromatic carbocycles. The number of rotatable bonds is 8. The first-order valence-corrected chi connectivity index (χ1v) is 9.26. The number of hydrogen-bond acceptors (Lipinski definition) is 4. The molecule has 0 radical (unpaired) electrons. The first kappa shape index (κ1) is 19.5. The first-order valence-electron chi connectivity index (χ1n) is 9.26. The van der Waals surface area contributed by atoms with Gasteiger partial charge >= 0.3 is 5.97 Å². The van der Waals surface area contributed by atoms with Gasteiger partial charge in [0.05, 0.1) is 20.1 Å². The Kier molecular flexibility index (Phi) is 6.32. The number of carbonyl (C=O) groups excluding carboxylic acids is 2. The van der Waals surface area contributed by atoms with Crippen LogP contribution in [0, 0.1) is 0 Å². The molecule has 0 bridgehead atoms. The van der Waals surface area contributed by atoms with Crippen molar-refractivity contribution in [3.8, 4) is 5.75 Å². The fourth-order valence-electron chi connectivity index (χ4n) is 3.03. The topological polar surface area (TPSA) is 71.6 Å². The third-order valence-corrected chi connectivity index (χ3v) is 4.45. The normalized spacial score (nSPS) is 10.6. The zero-order valence-corrected chi connectivity index (χ0v) is 16.1. The molecule has 28 heavy (non-hydrogen) atoms. The summed E-state index contributed by atoms with van der Waals surface area (Å²) in [5, 5.41) is 0.930. The molecule has 1 heterocycles. The van der Waals surface area contributed by atoms with Crippen LogP contribution in [0.5, 0.6) is 5.75 Å². The summed E-state index contributed by atoms with van der Waals surface area (Å²) in [6.45, 7) is 3.20. The molecule has 0 saturated heterocycles. The van der Waals surface area contributed by atoms with Crippen molar-refractivity contribution in [3.63, 3.8) is 0 Å². The van der Waals surface area contributed by atoms with E-state index in [0.717, 1.165) is 22.2 Å². The number of benzene rings is 2. The second kappa shape index (κ2) is 9.08. The van der Waals surface area contributed by atoms with Crippen LogP contribution in [-0.4, -0.2) is 42.0 Å². The molecule has 0 aliphatic rings. The zero-order valence-electron chi connectivity index (χ0n) is 16.1. The number of hydrogen-bond donors (Lipinski definition) is 1. The van der Waals surface area contributed by atoms with E-state index in [-0.39, 0.29) is 24.8 Å². The summed E-state index contributed by atoms with van der Waals surface area (Å²) in [4.78, 5) is 29.6. The van der Waals surface area contributed by atoms with Crippen molar-refractivity contribution >= 4 is 22.8 Å². The van der Waals surface area contributed by atoms with Gasteiger partial charge in [0.2, 0.25) is 0 Å². The Bertz CT molecular complexity index is 950. The second-order valence-corrected chi connectivity index (χ2v) is 6.40. The number of fused-ring (bicyclic) bond motifs is 1. The predicted molar refractivity (Wildman–Crippen MR) is 107 cm³/mol. The second-order valence-electron chi connectivity index (χ2n) is 6.40. The summed E-state index contributed by atoms with van der Waals surface area (Å²) < 4.78 is 10.2. The maximum Gasteiger partial charge on any atom is 0.307 e. The van der Waals surface area contributed by atoms with Gasteiger partial charge in [0.25, 0.3) is 5.91 Å². The highest BCUT2D eigenvalue weighted by molar-refractivity contribution is 5.98. The summed E-state index contributed by atoms with van der Waals surface area (Å²) in [6.07, 6.45) is 0.143. The zero-order chi connectivity index (χ0) is 19.9. The van der Waals surface area contributed by atoms with E-state index in [4.69, 9.17) is 9.47 Å². The van der Waals surface area contributed by atoms with Crippen molar-refractivity contribution in [2.75, 3.05) is 20.3 Å². The Balaban J connectivity index is 1.84. The van der Waals surface area contributed by atoms with Crippen LogP contribution >= 0.6 is 0 Å². The van der Waals surface area contributed by atoms with E-state index in [2.05, 4.69) is 4.98 Å². The molecule has 0 saturated carbocycles. The Hall–Kier alpha value is -3.28. The molecule has 0 aliphatic heterocycles. The standard InChI is InChI=1S/C22H24N2O4/c1-3-28-18-10-9-17-13-20(23-19(17)14-18)22(26)24(12-11-21(25)27-2)15-16-7-5-4-6-8-16/h4-10,13-14,23H,3,11-12,15H2,1-2H3. The number of nitrogens with one attached hydrogen (secondary N) is 1. The van der Waals surface area contributed by atoms with Crippen molar-refractivity contribution in [2.24, 2.45) is 0 Å². The average molecular weight is 380 g/mol. The lowest BCUT2D eigenvalue weighted by Crippen LogP contribution is -2.33. The van der Waals surface area contributed by atoms with Crippen molar-refractivity contribution in [1.82, 2.24) is 9.88 Å². The molecule has 6 nitrogen and oxygen atoms in total. The molecule has 1 amide bonds. The van der Waals surface area contributed by atoms with E-state index in [0.29, 0.717) is 18.8 Å². The van der Waals surface area contributed by atoms with Gasteiger partial charge in [-0.3, -0.25) is 9.59 Å². The number of H-pyrrole nitrogens is 1. The van der Waals surface area contributed by atoms with Crippen LogP contribution in [-0.2, 0) is 16.1 Å². The van der Waals surface area contributed by atoms with Crippen molar-refractivity contribution in [2.45, 2.75) is 19.9 Å². The molecule has 0 fully saturated rings. The van der Waals surface area contributed by atoms with Crippen LogP contribution < -0.4 is 4.74 Å². The molecule has 3 aromatic rings. The number of carbonyl (C=O) groups is 2. The molecular formula is C22H24N2O4. The Labute approximate surface area is 164 Å². The number of ether oxygens (including phenoxy) is 2. The summed E-state index contributed by atoms with van der Waals surface area (Å²) in [5.41, 5.74) is 2.31. The van der Waals surface area contributed by atoms with E-state index in [9.17, 15) is 9.59 Å². The third kappa shape index (κ3) is 4.71. The Morgan fingerprint density at radius 3 is 2.57 bits per heavy atom. The summed E-state index contributed by atoms with van der Waals surface area (Å²) in [5.74, 6) is 0.244. The van der Waals surface area contributed by atoms with Crippen LogP contribution in [0.25, 0.3) is 10.9 Å². The van der Waals surface area contributed by atoms with Gasteiger partial charge in [0.1, 0.15) is 11.4 Å². The fourth-order valence-corrected chi connectivity index (χ4v) is 3.03. The van der Waals surface area contributed by atoms with E-state index in [1.54, 1.807) is 4.90 Å². The van der Waals surface area contributed by atoms with Gasteiger partial charge in [-0.2, -0.15) is 0 Å². The lowest BCUT2D eigenvalue weighted by atomic mass is 10.2. The third-order valence-electron chi connectivity index (χ3n) is 4.45. The van der Waals surface area contributed by atoms with Gasteiger partial charge in [0.15, 0.2) is 0 Å². The number of amides is 1. The minimum atomic E-state index is -0.344. The van der Waals surface area contributed by atoms with Gasteiger partial charge in [-0.15, -0.1) is 0 Å². The summed E-state index contributed by atoms with van der Waals surface area (Å²) >= 11 is 0. The van der Waals surface area contributed by atoms with Gasteiger partial charge in [-0.1, -0.05) is 30.3 Å². The van der Waals surface area contributed by atoms with E-state index >= 15 is 0 Å². The number of aromatic nitrogens is 1. The van der Waals surface area contributed by atoms with Gasteiger partial charge in [-0.25, -0.2) is 0 Å². The SMILES string of the molecule is CCOc1ccc2cc(C(=O)N(CCC(=O)OC)Cc3ccccc3)[nH]c2c1. The van der Waals surface area contributed by atoms with Gasteiger partial charge in [0, 0.05) is 30.1 Å². The molecular weight excluding hydrogens is 356 g/mol. The highest BCUT2D eigenvalue weighted by Gasteiger charge is 2.19. The number of nitrogens with zero attached hydrogens (tertiary/aromatic N) is 1. The van der Waals surface area contributed by atoms with E-state index in [1.165, 1.54) is 7.11 Å². The molecule has 3 rings (SSSR count). The molecule has 1 aromatic heterocycles. The highest BCUT2D eigenvalue weighted by Crippen LogP contribution is 2.22. The molecule has 6 heteroatoms. The molecule has 146 valence electrons. The van der Waals surface area contributed by atoms with E-state index < -0.39 is 0 Å². The molecule has 0 atom stereocenters. The van der Waals surface area contributed by atoms with Crippen molar-refractivity contribution in [3.05, 3.63) is 65.9 Å². The summed E-state index contributed by atoms with van der Waals surface area (Å²) in [7, 11) is 1.35.